The molecule has 180 valence electrons. The summed E-state index contributed by atoms with van der Waals surface area (Å²) in [4.78, 5) is 27.7. The Bertz CT molecular complexity index is 1190. The van der Waals surface area contributed by atoms with Gasteiger partial charge in [0.25, 0.3) is 0 Å². The summed E-state index contributed by atoms with van der Waals surface area (Å²) in [6.45, 7) is 10.9. The number of morpholine rings is 1. The normalized spacial score (nSPS) is 18.7. The Labute approximate surface area is 198 Å². The number of anilines is 1. The molecule has 0 bridgehead atoms. The van der Waals surface area contributed by atoms with Gasteiger partial charge in [-0.05, 0) is 52.8 Å². The Morgan fingerprint density at radius 3 is 2.59 bits per heavy atom. The van der Waals surface area contributed by atoms with Crippen LogP contribution in [0.15, 0.2) is 36.5 Å². The first-order chi connectivity index (χ1) is 16.1. The third-order valence-electron chi connectivity index (χ3n) is 5.23. The van der Waals surface area contributed by atoms with Crippen LogP contribution in [0.2, 0.25) is 0 Å². The number of halogens is 1. The summed E-state index contributed by atoms with van der Waals surface area (Å²) in [5, 5.41) is 3.53. The van der Waals surface area contributed by atoms with Crippen LogP contribution in [-0.2, 0) is 16.0 Å². The van der Waals surface area contributed by atoms with E-state index in [1.54, 1.807) is 39.1 Å². The Balaban J connectivity index is 1.57. The molecule has 3 aromatic rings. The highest BCUT2D eigenvalue weighted by Gasteiger charge is 2.24. The molecule has 4 rings (SSSR count). The molecule has 0 aliphatic carbocycles. The molecule has 1 amide bonds. The molecule has 2 atom stereocenters. The summed E-state index contributed by atoms with van der Waals surface area (Å²) < 4.78 is 25.6. The van der Waals surface area contributed by atoms with E-state index in [1.165, 1.54) is 12.1 Å². The number of alkyl carbamates (subject to hydrolysis) is 1. The molecule has 3 aromatic heterocycles. The van der Waals surface area contributed by atoms with E-state index in [-0.39, 0.29) is 24.6 Å². The molecule has 1 saturated heterocycles. The molecule has 1 fully saturated rings. The number of fused-ring (bicyclic) bond motifs is 1. The van der Waals surface area contributed by atoms with Gasteiger partial charge < -0.3 is 19.7 Å². The SMILES string of the molecule is C[C@@H]1CN(c2cc(F)cc(-c3ccc4cnc(CNC(=O)OC(C)(C)C)cc4n3)n2)C[C@H](C)O1. The zero-order valence-electron chi connectivity index (χ0n) is 20.1. The largest absolute Gasteiger partial charge is 0.444 e. The zero-order chi connectivity index (χ0) is 24.5. The lowest BCUT2D eigenvalue weighted by Gasteiger charge is -2.36. The molecular weight excluding hydrogens is 437 g/mol. The van der Waals surface area contributed by atoms with Crippen LogP contribution in [0.25, 0.3) is 22.3 Å². The van der Waals surface area contributed by atoms with Crippen molar-refractivity contribution in [3.05, 3.63) is 48.0 Å². The lowest BCUT2D eigenvalue weighted by Crippen LogP contribution is -2.45. The second-order valence-electron chi connectivity index (χ2n) is 9.61. The predicted octanol–water partition coefficient (Wildman–Crippen LogP) is 4.47. The Kier molecular flexibility index (Phi) is 6.65. The monoisotopic (exact) mass is 467 g/mol. The number of ether oxygens (including phenoxy) is 2. The van der Waals surface area contributed by atoms with Gasteiger partial charge in [0.15, 0.2) is 0 Å². The third-order valence-corrected chi connectivity index (χ3v) is 5.23. The van der Waals surface area contributed by atoms with Crippen LogP contribution in [0.3, 0.4) is 0 Å². The number of carbonyl (C=O) groups excluding carboxylic acids is 1. The number of amides is 1. The lowest BCUT2D eigenvalue weighted by atomic mass is 10.1. The summed E-state index contributed by atoms with van der Waals surface area (Å²) in [5.74, 6) is 0.196. The fourth-order valence-corrected chi connectivity index (χ4v) is 3.92. The zero-order valence-corrected chi connectivity index (χ0v) is 20.1. The molecular formula is C25H30FN5O3. The summed E-state index contributed by atoms with van der Waals surface area (Å²) in [6, 6.07) is 8.30. The maximum absolute atomic E-state index is 14.5. The van der Waals surface area contributed by atoms with Gasteiger partial charge in [-0.15, -0.1) is 0 Å². The number of carbonyl (C=O) groups is 1. The van der Waals surface area contributed by atoms with E-state index in [1.807, 2.05) is 24.8 Å². The number of nitrogens with one attached hydrogen (secondary N) is 1. The van der Waals surface area contributed by atoms with Crippen LogP contribution in [0.1, 0.15) is 40.3 Å². The quantitative estimate of drug-likeness (QED) is 0.606. The molecule has 0 radical (unpaired) electrons. The van der Waals surface area contributed by atoms with Gasteiger partial charge in [0, 0.05) is 36.8 Å². The van der Waals surface area contributed by atoms with Crippen LogP contribution in [0, 0.1) is 5.82 Å². The van der Waals surface area contributed by atoms with Crippen molar-refractivity contribution in [1.82, 2.24) is 20.3 Å². The summed E-state index contributed by atoms with van der Waals surface area (Å²) >= 11 is 0. The Hall–Kier alpha value is -3.33. The van der Waals surface area contributed by atoms with Gasteiger partial charge in [0.1, 0.15) is 17.2 Å². The molecule has 0 saturated carbocycles. The number of nitrogens with zero attached hydrogens (tertiary/aromatic N) is 4. The van der Waals surface area contributed by atoms with Crippen molar-refractivity contribution in [2.45, 2.75) is 59.0 Å². The molecule has 0 unspecified atom stereocenters. The second-order valence-corrected chi connectivity index (χ2v) is 9.61. The minimum Gasteiger partial charge on any atom is -0.444 e. The van der Waals surface area contributed by atoms with Gasteiger partial charge in [0.05, 0.1) is 41.4 Å². The average molecular weight is 468 g/mol. The smallest absolute Gasteiger partial charge is 0.407 e. The molecule has 34 heavy (non-hydrogen) atoms. The lowest BCUT2D eigenvalue weighted by molar-refractivity contribution is -0.00547. The first-order valence-electron chi connectivity index (χ1n) is 11.4. The minimum absolute atomic E-state index is 0.0382. The Morgan fingerprint density at radius 2 is 1.88 bits per heavy atom. The van der Waals surface area contributed by atoms with Gasteiger partial charge >= 0.3 is 6.09 Å². The van der Waals surface area contributed by atoms with Crippen molar-refractivity contribution >= 4 is 22.8 Å². The number of hydrogen-bond acceptors (Lipinski definition) is 7. The van der Waals surface area contributed by atoms with E-state index in [0.717, 1.165) is 5.39 Å². The minimum atomic E-state index is -0.578. The molecule has 8 nitrogen and oxygen atoms in total. The summed E-state index contributed by atoms with van der Waals surface area (Å²) in [5.41, 5.74) is 1.74. The third kappa shape index (κ3) is 5.96. The van der Waals surface area contributed by atoms with Crippen LogP contribution in [0.5, 0.6) is 0 Å². The first-order valence-corrected chi connectivity index (χ1v) is 11.4. The van der Waals surface area contributed by atoms with Crippen molar-refractivity contribution in [2.24, 2.45) is 0 Å². The summed E-state index contributed by atoms with van der Waals surface area (Å²) in [7, 11) is 0. The highest BCUT2D eigenvalue weighted by atomic mass is 19.1. The number of hydrogen-bond donors (Lipinski definition) is 1. The highest BCUT2D eigenvalue weighted by molar-refractivity contribution is 5.81. The molecule has 1 aliphatic rings. The van der Waals surface area contributed by atoms with Crippen molar-refractivity contribution in [2.75, 3.05) is 18.0 Å². The van der Waals surface area contributed by atoms with Crippen molar-refractivity contribution in [1.29, 1.82) is 0 Å². The molecule has 9 heteroatoms. The topological polar surface area (TPSA) is 89.5 Å². The van der Waals surface area contributed by atoms with Crippen LogP contribution < -0.4 is 10.2 Å². The van der Waals surface area contributed by atoms with E-state index in [4.69, 9.17) is 19.4 Å². The van der Waals surface area contributed by atoms with E-state index in [2.05, 4.69) is 10.3 Å². The van der Waals surface area contributed by atoms with E-state index in [9.17, 15) is 9.18 Å². The fourth-order valence-electron chi connectivity index (χ4n) is 3.92. The van der Waals surface area contributed by atoms with Gasteiger partial charge in [-0.3, -0.25) is 4.98 Å². The van der Waals surface area contributed by atoms with Crippen LogP contribution >= 0.6 is 0 Å². The van der Waals surface area contributed by atoms with Crippen LogP contribution in [0.4, 0.5) is 15.0 Å². The average Bonchev–Trinajstić information content (AvgIpc) is 2.75. The maximum Gasteiger partial charge on any atom is 0.407 e. The van der Waals surface area contributed by atoms with Gasteiger partial charge in [-0.2, -0.15) is 0 Å². The molecule has 1 N–H and O–H groups in total. The highest BCUT2D eigenvalue weighted by Crippen LogP contribution is 2.25. The van der Waals surface area contributed by atoms with E-state index in [0.29, 0.717) is 41.5 Å². The standard InChI is InChI=1S/C25H30FN5O3/c1-15-13-31(14-16(2)33-15)23-9-18(26)8-22(30-23)20-7-6-17-11-27-19(10-21(17)29-20)12-28-24(32)34-25(3,4)5/h6-11,15-16H,12-14H2,1-5H3,(H,28,32)/t15-,16+. The number of pyridine rings is 3. The van der Waals surface area contributed by atoms with Crippen molar-refractivity contribution in [3.8, 4) is 11.4 Å². The number of rotatable bonds is 4. The van der Waals surface area contributed by atoms with Gasteiger partial charge in [-0.1, -0.05) is 0 Å². The summed E-state index contributed by atoms with van der Waals surface area (Å²) in [6.07, 6.45) is 1.26. The van der Waals surface area contributed by atoms with Gasteiger partial charge in [-0.25, -0.2) is 19.2 Å². The predicted molar refractivity (Wildman–Crippen MR) is 128 cm³/mol. The van der Waals surface area contributed by atoms with Crippen LogP contribution in [-0.4, -0.2) is 51.9 Å². The van der Waals surface area contributed by atoms with Crippen molar-refractivity contribution < 1.29 is 18.7 Å². The fraction of sp³-hybridized carbons (Fsp3) is 0.440. The second kappa shape index (κ2) is 9.50. The first kappa shape index (κ1) is 23.8. The Morgan fingerprint density at radius 1 is 1.15 bits per heavy atom. The van der Waals surface area contributed by atoms with Crippen molar-refractivity contribution in [3.63, 3.8) is 0 Å². The molecule has 0 aromatic carbocycles. The molecule has 4 heterocycles. The van der Waals surface area contributed by atoms with E-state index < -0.39 is 11.7 Å². The van der Waals surface area contributed by atoms with E-state index >= 15 is 0 Å². The molecule has 0 spiro atoms. The number of aromatic nitrogens is 3. The molecule has 1 aliphatic heterocycles. The van der Waals surface area contributed by atoms with Gasteiger partial charge in [0.2, 0.25) is 0 Å². The maximum atomic E-state index is 14.5.